The highest BCUT2D eigenvalue weighted by Crippen LogP contribution is 2.26. The van der Waals surface area contributed by atoms with Crippen LogP contribution in [0.5, 0.6) is 0 Å². The van der Waals surface area contributed by atoms with Gasteiger partial charge in [-0.2, -0.15) is 10.1 Å². The fourth-order valence-electron chi connectivity index (χ4n) is 2.76. The third-order valence-electron chi connectivity index (χ3n) is 3.85. The minimum atomic E-state index is -0.708. The van der Waals surface area contributed by atoms with Crippen LogP contribution >= 0.6 is 0 Å². The van der Waals surface area contributed by atoms with Crippen molar-refractivity contribution in [3.8, 4) is 0 Å². The molecule has 0 saturated carbocycles. The zero-order valence-corrected chi connectivity index (χ0v) is 12.1. The summed E-state index contributed by atoms with van der Waals surface area (Å²) in [6.45, 7) is 0. The number of rotatable bonds is 2. The number of anilines is 2. The highest BCUT2D eigenvalue weighted by Gasteiger charge is 2.32. The quantitative estimate of drug-likeness (QED) is 0.757. The molecule has 2 aromatic carbocycles. The van der Waals surface area contributed by atoms with E-state index in [-0.39, 0.29) is 18.2 Å². The molecule has 0 saturated heterocycles. The lowest BCUT2D eigenvalue weighted by Crippen LogP contribution is -2.36. The lowest BCUT2D eigenvalue weighted by molar-refractivity contribution is -0.125. The van der Waals surface area contributed by atoms with E-state index in [0.29, 0.717) is 11.6 Å². The fourth-order valence-corrected chi connectivity index (χ4v) is 2.76. The van der Waals surface area contributed by atoms with Crippen molar-refractivity contribution < 1.29 is 9.59 Å². The average Bonchev–Trinajstić information content (AvgIpc) is 3.02. The molecule has 1 aliphatic heterocycles. The van der Waals surface area contributed by atoms with Crippen molar-refractivity contribution in [2.24, 2.45) is 0 Å². The first-order valence-corrected chi connectivity index (χ1v) is 7.20. The second kappa shape index (κ2) is 5.20. The van der Waals surface area contributed by atoms with Gasteiger partial charge in [-0.15, -0.1) is 0 Å². The number of carbonyl (C=O) groups excluding carboxylic acids is 2. The molecule has 7 heteroatoms. The summed E-state index contributed by atoms with van der Waals surface area (Å²) in [6, 6.07) is 12.8. The molecule has 0 fully saturated rings. The topological polar surface area (TPSA) is 88.9 Å². The van der Waals surface area contributed by atoms with Gasteiger partial charge in [-0.1, -0.05) is 36.4 Å². The van der Waals surface area contributed by atoms with Crippen LogP contribution in [-0.4, -0.2) is 26.6 Å². The van der Waals surface area contributed by atoms with Crippen LogP contribution in [0.2, 0.25) is 0 Å². The van der Waals surface area contributed by atoms with Crippen molar-refractivity contribution in [2.45, 2.75) is 12.5 Å². The van der Waals surface area contributed by atoms with Crippen molar-refractivity contribution in [3.63, 3.8) is 0 Å². The molecule has 0 bridgehead atoms. The largest absolute Gasteiger partial charge is 0.324 e. The molecule has 1 aromatic heterocycles. The van der Waals surface area contributed by atoms with Gasteiger partial charge >= 0.3 is 0 Å². The number of carbonyl (C=O) groups is 2. The minimum absolute atomic E-state index is 0.0347. The van der Waals surface area contributed by atoms with Crippen LogP contribution < -0.4 is 10.6 Å². The van der Waals surface area contributed by atoms with Crippen LogP contribution in [0.15, 0.2) is 48.8 Å². The van der Waals surface area contributed by atoms with E-state index in [1.165, 1.54) is 11.0 Å². The highest BCUT2D eigenvalue weighted by molar-refractivity contribution is 6.05. The number of fused-ring (bicyclic) bond motifs is 2. The molecule has 4 rings (SSSR count). The second-order valence-electron chi connectivity index (χ2n) is 5.31. The van der Waals surface area contributed by atoms with Crippen molar-refractivity contribution in [1.29, 1.82) is 0 Å². The zero-order valence-electron chi connectivity index (χ0n) is 12.1. The molecule has 0 radical (unpaired) electrons. The Balaban J connectivity index is 1.67. The first kappa shape index (κ1) is 13.4. The van der Waals surface area contributed by atoms with Gasteiger partial charge in [-0.3, -0.25) is 14.9 Å². The molecule has 2 amide bonds. The average molecular weight is 307 g/mol. The third kappa shape index (κ3) is 2.32. The molecular weight excluding hydrogens is 294 g/mol. The molecule has 2 N–H and O–H groups in total. The Morgan fingerprint density at radius 1 is 1.22 bits per heavy atom. The van der Waals surface area contributed by atoms with Crippen LogP contribution in [0.25, 0.3) is 10.8 Å². The number of aromatic nitrogens is 3. The number of benzene rings is 2. The highest BCUT2D eigenvalue weighted by atomic mass is 16.2. The van der Waals surface area contributed by atoms with Crippen molar-refractivity contribution in [3.05, 3.63) is 48.8 Å². The molecule has 114 valence electrons. The van der Waals surface area contributed by atoms with Crippen LogP contribution in [-0.2, 0) is 9.59 Å². The molecular formula is C16H13N5O2. The first-order chi connectivity index (χ1) is 11.2. The van der Waals surface area contributed by atoms with Crippen LogP contribution in [0.1, 0.15) is 12.5 Å². The number of hydrogen-bond donors (Lipinski definition) is 2. The van der Waals surface area contributed by atoms with Gasteiger partial charge in [0.25, 0.3) is 0 Å². The summed E-state index contributed by atoms with van der Waals surface area (Å²) >= 11 is 0. The molecule has 23 heavy (non-hydrogen) atoms. The van der Waals surface area contributed by atoms with E-state index in [2.05, 4.69) is 20.7 Å². The van der Waals surface area contributed by atoms with Crippen molar-refractivity contribution in [1.82, 2.24) is 14.8 Å². The molecule has 1 atom stereocenters. The van der Waals surface area contributed by atoms with E-state index in [4.69, 9.17) is 0 Å². The number of hydrogen-bond acceptors (Lipinski definition) is 4. The predicted molar refractivity (Wildman–Crippen MR) is 84.9 cm³/mol. The summed E-state index contributed by atoms with van der Waals surface area (Å²) in [7, 11) is 0. The van der Waals surface area contributed by atoms with Crippen LogP contribution in [0.3, 0.4) is 0 Å². The van der Waals surface area contributed by atoms with Crippen LogP contribution in [0.4, 0.5) is 11.6 Å². The Morgan fingerprint density at radius 2 is 2.04 bits per heavy atom. The normalized spacial score (nSPS) is 16.7. The van der Waals surface area contributed by atoms with Gasteiger partial charge in [-0.25, -0.2) is 4.68 Å². The Labute approximate surface area is 131 Å². The predicted octanol–water partition coefficient (Wildman–Crippen LogP) is 1.95. The van der Waals surface area contributed by atoms with E-state index in [1.54, 1.807) is 0 Å². The number of nitrogens with zero attached hydrogens (tertiary/aromatic N) is 3. The number of amides is 2. The summed E-state index contributed by atoms with van der Waals surface area (Å²) in [5.41, 5.74) is 0.709. The minimum Gasteiger partial charge on any atom is -0.324 e. The van der Waals surface area contributed by atoms with Gasteiger partial charge in [0.1, 0.15) is 12.4 Å². The molecule has 7 nitrogen and oxygen atoms in total. The summed E-state index contributed by atoms with van der Waals surface area (Å²) in [5, 5.41) is 11.5. The van der Waals surface area contributed by atoms with Gasteiger partial charge in [-0.05, 0) is 11.5 Å². The molecule has 2 heterocycles. The maximum absolute atomic E-state index is 12.6. The monoisotopic (exact) mass is 307 g/mol. The molecule has 0 unspecified atom stereocenters. The number of nitrogens with one attached hydrogen (secondary N) is 2. The lowest BCUT2D eigenvalue weighted by atomic mass is 10.1. The summed E-state index contributed by atoms with van der Waals surface area (Å²) in [5.74, 6) is -0.245. The van der Waals surface area contributed by atoms with E-state index < -0.39 is 6.04 Å². The van der Waals surface area contributed by atoms with Crippen LogP contribution in [0, 0.1) is 0 Å². The maximum Gasteiger partial charge on any atom is 0.249 e. The summed E-state index contributed by atoms with van der Waals surface area (Å²) in [4.78, 5) is 28.3. The van der Waals surface area contributed by atoms with E-state index in [1.807, 2.05) is 42.5 Å². The standard InChI is InChI=1S/C16H13N5O2/c22-14-8-13(21-16(20-14)17-9-18-21)15(23)19-12-7-3-5-10-4-1-2-6-11(10)12/h1-7,9,13H,8H2,(H,19,23)(H,17,18,20,22)/t13-/m0/s1. The first-order valence-electron chi connectivity index (χ1n) is 7.20. The Bertz CT molecular complexity index is 912. The van der Waals surface area contributed by atoms with Gasteiger partial charge in [0, 0.05) is 11.1 Å². The summed E-state index contributed by atoms with van der Waals surface area (Å²) < 4.78 is 1.43. The molecule has 3 aromatic rings. The van der Waals surface area contributed by atoms with Gasteiger partial charge in [0.15, 0.2) is 0 Å². The molecule has 0 aliphatic carbocycles. The van der Waals surface area contributed by atoms with Gasteiger partial charge in [0.05, 0.1) is 6.42 Å². The van der Waals surface area contributed by atoms with Gasteiger partial charge in [0.2, 0.25) is 17.8 Å². The van der Waals surface area contributed by atoms with E-state index >= 15 is 0 Å². The lowest BCUT2D eigenvalue weighted by Gasteiger charge is -2.22. The molecule has 0 spiro atoms. The Kier molecular flexibility index (Phi) is 3.04. The van der Waals surface area contributed by atoms with Crippen molar-refractivity contribution in [2.75, 3.05) is 10.6 Å². The molecule has 1 aliphatic rings. The summed E-state index contributed by atoms with van der Waals surface area (Å²) in [6.07, 6.45) is 1.35. The smallest absolute Gasteiger partial charge is 0.249 e. The van der Waals surface area contributed by atoms with Gasteiger partial charge < -0.3 is 5.32 Å². The van der Waals surface area contributed by atoms with Crippen molar-refractivity contribution >= 4 is 34.2 Å². The van der Waals surface area contributed by atoms with E-state index in [0.717, 1.165) is 10.8 Å². The SMILES string of the molecule is O=C1C[C@@H](C(=O)Nc2cccc3ccccc23)n2ncnc2N1. The zero-order chi connectivity index (χ0) is 15.8. The van der Waals surface area contributed by atoms with E-state index in [9.17, 15) is 9.59 Å². The maximum atomic E-state index is 12.6. The Morgan fingerprint density at radius 3 is 2.96 bits per heavy atom. The fraction of sp³-hybridized carbons (Fsp3) is 0.125. The Hall–Kier alpha value is -3.22. The second-order valence-corrected chi connectivity index (χ2v) is 5.31. The third-order valence-corrected chi connectivity index (χ3v) is 3.85.